The molecule has 50 heavy (non-hydrogen) atoms. The molecule has 2 fully saturated rings. The van der Waals surface area contributed by atoms with Gasteiger partial charge in [0, 0.05) is 23.1 Å². The number of likely N-dealkylation sites (N-methyl/N-ethyl adjacent to an activating group) is 1. The molecule has 0 spiro atoms. The topological polar surface area (TPSA) is 323 Å². The molecule has 2 aromatic rings. The van der Waals surface area contributed by atoms with Crippen LogP contribution >= 0.6 is 0 Å². The van der Waals surface area contributed by atoms with E-state index in [0.29, 0.717) is 0 Å². The van der Waals surface area contributed by atoms with Crippen LogP contribution in [0.4, 0.5) is 16.4 Å². The minimum absolute atomic E-state index is 0.00520. The van der Waals surface area contributed by atoms with E-state index in [1.54, 1.807) is 0 Å². The lowest BCUT2D eigenvalue weighted by molar-refractivity contribution is -0.402. The number of aliphatic hydroxyl groups is 3. The fourth-order valence-electron chi connectivity index (χ4n) is 6.56. The Morgan fingerprint density at radius 2 is 1.80 bits per heavy atom. The summed E-state index contributed by atoms with van der Waals surface area (Å²) in [5.74, 6) is -8.72. The van der Waals surface area contributed by atoms with Crippen LogP contribution in [-0.4, -0.2) is 108 Å². The number of nitrogens with two attached hydrogens (primary N) is 1. The Morgan fingerprint density at radius 1 is 1.12 bits per heavy atom. The number of fused-ring (bicyclic) bond motifs is 3. The maximum Gasteiger partial charge on any atom is 0.433 e. The number of furan rings is 1. The predicted molar refractivity (Wildman–Crippen MR) is 164 cm³/mol. The molecule has 262 valence electrons. The van der Waals surface area contributed by atoms with Gasteiger partial charge in [0.05, 0.1) is 28.8 Å². The van der Waals surface area contributed by atoms with E-state index in [4.69, 9.17) is 10.2 Å². The Kier molecular flexibility index (Phi) is 8.72. The Balaban J connectivity index is 0.000000240. The third kappa shape index (κ3) is 5.58. The summed E-state index contributed by atoms with van der Waals surface area (Å²) in [5, 5.41) is 71.7. The summed E-state index contributed by atoms with van der Waals surface area (Å²) in [6.07, 6.45) is 0.836. The third-order valence-electron chi connectivity index (χ3n) is 8.67. The van der Waals surface area contributed by atoms with Gasteiger partial charge in [-0.15, -0.1) is 0 Å². The van der Waals surface area contributed by atoms with Crippen molar-refractivity contribution >= 4 is 53.0 Å². The first-order chi connectivity index (χ1) is 23.4. The lowest BCUT2D eigenvalue weighted by Crippen LogP contribution is -2.65. The fraction of sp³-hybridized carbons (Fsp3) is 0.310. The van der Waals surface area contributed by atoms with Crippen LogP contribution in [0.15, 0.2) is 50.7 Å². The van der Waals surface area contributed by atoms with Crippen LogP contribution in [0.5, 0.6) is 5.75 Å². The van der Waals surface area contributed by atoms with E-state index >= 15 is 0 Å². The van der Waals surface area contributed by atoms with Crippen LogP contribution in [0.2, 0.25) is 0 Å². The van der Waals surface area contributed by atoms with Crippen molar-refractivity contribution < 1.29 is 58.7 Å². The van der Waals surface area contributed by atoms with E-state index in [0.717, 1.165) is 29.4 Å². The molecule has 3 aliphatic carbocycles. The summed E-state index contributed by atoms with van der Waals surface area (Å²) in [7, 11) is 2.96. The van der Waals surface area contributed by atoms with Gasteiger partial charge in [-0.3, -0.25) is 49.6 Å². The van der Waals surface area contributed by atoms with Gasteiger partial charge in [0.2, 0.25) is 11.7 Å². The molecule has 0 bridgehead atoms. The number of primary amides is 1. The number of imide groups is 1. The Bertz CT molecular complexity index is 2000. The molecular weight excluding hydrogens is 670 g/mol. The van der Waals surface area contributed by atoms with Crippen LogP contribution in [-0.2, 0) is 25.6 Å². The van der Waals surface area contributed by atoms with Crippen molar-refractivity contribution in [3.05, 3.63) is 78.3 Å². The monoisotopic (exact) mass is 697 g/mol. The van der Waals surface area contributed by atoms with E-state index in [9.17, 15) is 64.6 Å². The molecule has 7 N–H and O–H groups in total. The average Bonchev–Trinajstić information content (AvgIpc) is 3.63. The molecule has 0 unspecified atom stereocenters. The second-order valence-electron chi connectivity index (χ2n) is 11.8. The summed E-state index contributed by atoms with van der Waals surface area (Å²) < 4.78 is 4.78. The smallest absolute Gasteiger partial charge is 0.433 e. The van der Waals surface area contributed by atoms with Gasteiger partial charge in [0.1, 0.15) is 34.3 Å². The number of nitro benzene ring substituents is 1. The van der Waals surface area contributed by atoms with Gasteiger partial charge in [0.25, 0.3) is 11.6 Å². The highest BCUT2D eigenvalue weighted by Crippen LogP contribution is 2.53. The number of carbonyl (C=O) groups excluding carboxylic acids is 5. The molecule has 21 nitrogen and oxygen atoms in total. The second kappa shape index (κ2) is 12.5. The number of Topliss-reactive ketones (excluding diaryl/α,β-unsaturated/α-hetero) is 2. The summed E-state index contributed by atoms with van der Waals surface area (Å²) in [6, 6.07) is 2.71. The van der Waals surface area contributed by atoms with E-state index in [1.165, 1.54) is 25.1 Å². The normalized spacial score (nSPS) is 24.5. The highest BCUT2D eigenvalue weighted by molar-refractivity contribution is 6.24. The van der Waals surface area contributed by atoms with E-state index in [-0.39, 0.29) is 47.5 Å². The quantitative estimate of drug-likeness (QED) is 0.0757. The highest BCUT2D eigenvalue weighted by atomic mass is 16.6. The largest absolute Gasteiger partial charge is 0.508 e. The van der Waals surface area contributed by atoms with Crippen LogP contribution < -0.4 is 11.1 Å². The van der Waals surface area contributed by atoms with E-state index < -0.39 is 91.5 Å². The van der Waals surface area contributed by atoms with Crippen molar-refractivity contribution in [2.24, 2.45) is 22.7 Å². The van der Waals surface area contributed by atoms with Crippen molar-refractivity contribution in [1.29, 1.82) is 0 Å². The van der Waals surface area contributed by atoms with Gasteiger partial charge >= 0.3 is 11.9 Å². The summed E-state index contributed by atoms with van der Waals surface area (Å²) in [4.78, 5) is 82.1. The number of nitrogens with one attached hydrogen (secondary N) is 1. The molecule has 1 aliphatic heterocycles. The van der Waals surface area contributed by atoms with Gasteiger partial charge in [-0.05, 0) is 45.0 Å². The van der Waals surface area contributed by atoms with Gasteiger partial charge in [0.15, 0.2) is 17.1 Å². The van der Waals surface area contributed by atoms with Crippen molar-refractivity contribution in [2.45, 2.75) is 24.5 Å². The lowest BCUT2D eigenvalue weighted by Gasteiger charge is -2.50. The molecule has 4 amide bonds. The Hall–Kier alpha value is -6.48. The van der Waals surface area contributed by atoms with Crippen LogP contribution in [0.1, 0.15) is 23.3 Å². The number of nitrogens with zero attached hydrogens (tertiary/aromatic N) is 5. The van der Waals surface area contributed by atoms with E-state index in [2.05, 4.69) is 5.10 Å². The van der Waals surface area contributed by atoms with Gasteiger partial charge in [-0.25, -0.2) is 9.80 Å². The molecule has 2 heterocycles. The number of hydrogen-bond acceptors (Lipinski definition) is 16. The number of phenols is 1. The number of aromatic hydroxyl groups is 1. The minimum atomic E-state index is -2.75. The molecule has 6 rings (SSSR count). The first-order valence-corrected chi connectivity index (χ1v) is 14.4. The Labute approximate surface area is 278 Å². The average molecular weight is 698 g/mol. The van der Waals surface area contributed by atoms with Crippen LogP contribution in [0.3, 0.4) is 0 Å². The number of phenolic OH excluding ortho intramolecular Hbond substituents is 1. The molecule has 4 aliphatic rings. The van der Waals surface area contributed by atoms with Gasteiger partial charge < -0.3 is 30.6 Å². The summed E-state index contributed by atoms with van der Waals surface area (Å²) in [6.45, 7) is -0.182. The van der Waals surface area contributed by atoms with Crippen molar-refractivity contribution in [1.82, 2.24) is 15.2 Å². The third-order valence-corrected chi connectivity index (χ3v) is 8.67. The molecule has 0 radical (unpaired) electrons. The molecule has 1 saturated heterocycles. The number of hydrogen-bond donors (Lipinski definition) is 6. The maximum atomic E-state index is 13.6. The SMILES string of the molecule is CN(C)[C@@H]1C(=O)C(C(N)=O)=C(O)[C@@]2(O)C(=O)C3=C(O)c4c(O)ccc([N+](=O)[O-])c4C[C@H]3C[C@@H]12.O=C1CN(/N=C/c2ccc([N+](=O)[O-])o2)C(=O)N1. The van der Waals surface area contributed by atoms with Crippen molar-refractivity contribution in [2.75, 3.05) is 20.6 Å². The molecule has 21 heteroatoms. The number of rotatable bonds is 6. The number of urea groups is 1. The number of nitro groups is 2. The number of amides is 4. The predicted octanol–water partition coefficient (Wildman–Crippen LogP) is -0.0543. The minimum Gasteiger partial charge on any atom is -0.508 e. The second-order valence-corrected chi connectivity index (χ2v) is 11.8. The number of carbonyl (C=O) groups is 5. The fourth-order valence-corrected chi connectivity index (χ4v) is 6.56. The molecule has 4 atom stereocenters. The first-order valence-electron chi connectivity index (χ1n) is 14.4. The molecule has 1 aromatic carbocycles. The zero-order valence-corrected chi connectivity index (χ0v) is 25.9. The Morgan fingerprint density at radius 3 is 2.34 bits per heavy atom. The van der Waals surface area contributed by atoms with Crippen LogP contribution in [0, 0.1) is 32.1 Å². The number of ketones is 2. The van der Waals surface area contributed by atoms with Gasteiger partial charge in [-0.2, -0.15) is 5.10 Å². The van der Waals surface area contributed by atoms with Crippen molar-refractivity contribution in [3.63, 3.8) is 0 Å². The van der Waals surface area contributed by atoms with Crippen LogP contribution in [0.25, 0.3) is 5.76 Å². The molecule has 1 saturated carbocycles. The highest BCUT2D eigenvalue weighted by Gasteiger charge is 2.64. The number of hydrazone groups is 1. The van der Waals surface area contributed by atoms with E-state index in [1.807, 2.05) is 5.32 Å². The van der Waals surface area contributed by atoms with Gasteiger partial charge in [-0.1, -0.05) is 0 Å². The lowest BCUT2D eigenvalue weighted by atomic mass is 9.57. The molecule has 1 aromatic heterocycles. The number of aliphatic hydroxyl groups excluding tert-OH is 2. The summed E-state index contributed by atoms with van der Waals surface area (Å²) >= 11 is 0. The maximum absolute atomic E-state index is 13.6. The molecular formula is C29H27N7O14. The standard InChI is InChI=1S/C21H21N3O9.C8H6N4O5/c1-23(2)15-9-6-7-5-8-10(24(32)33)3-4-11(25)13(8)16(26)12(7)18(28)21(9,31)19(29)14(17(15)27)20(22)30;13-6-4-11(8(14)10-6)9-3-5-1-2-7(17-5)12(15)16/h3-4,7,9,15,25-26,29,31H,5-6H2,1-2H3,(H2,22,30);1-3H,4H2,(H,10,13,14)/b;9-3+/t7-,9-,15-,21-;/m0./s1. The zero-order valence-electron chi connectivity index (χ0n) is 25.9. The summed E-state index contributed by atoms with van der Waals surface area (Å²) in [5.41, 5.74) is 0.543. The van der Waals surface area contributed by atoms with Crippen molar-refractivity contribution in [3.8, 4) is 5.75 Å². The number of benzene rings is 1. The first kappa shape index (κ1) is 34.8. The zero-order chi connectivity index (χ0) is 37.0.